The summed E-state index contributed by atoms with van der Waals surface area (Å²) in [5.74, 6) is 0.417. The second kappa shape index (κ2) is 7.20. The zero-order chi connectivity index (χ0) is 17.9. The van der Waals surface area contributed by atoms with E-state index in [4.69, 9.17) is 4.74 Å². The van der Waals surface area contributed by atoms with E-state index in [0.29, 0.717) is 31.3 Å². The molecule has 4 heterocycles. The van der Waals surface area contributed by atoms with Gasteiger partial charge in [-0.05, 0) is 6.92 Å². The molecule has 26 heavy (non-hydrogen) atoms. The molecule has 0 aromatic carbocycles. The molecule has 0 unspecified atom stereocenters. The molecule has 3 aromatic heterocycles. The maximum Gasteiger partial charge on any atom is 0.273 e. The zero-order valence-electron chi connectivity index (χ0n) is 14.3. The highest BCUT2D eigenvalue weighted by atomic mass is 32.1. The highest BCUT2D eigenvalue weighted by Gasteiger charge is 2.28. The van der Waals surface area contributed by atoms with Gasteiger partial charge in [0.05, 0.1) is 11.7 Å². The molecule has 0 N–H and O–H groups in total. The number of carbonyl (C=O) groups excluding carboxylic acids is 1. The second-order valence-electron chi connectivity index (χ2n) is 5.87. The third-order valence-electron chi connectivity index (χ3n) is 4.35. The first kappa shape index (κ1) is 16.6. The third-order valence-corrected chi connectivity index (χ3v) is 4.94. The quantitative estimate of drug-likeness (QED) is 0.682. The van der Waals surface area contributed by atoms with E-state index in [1.54, 1.807) is 29.5 Å². The standard InChI is InChI=1S/C17H18N6O2S/c1-2-23-15-3-6-22(17(24)14-10-26-11-20-14)8-12(15)13(21-23)9-25-16-7-18-4-5-19-16/h4-5,7,10-11H,2-3,6,8-9H2,1H3. The van der Waals surface area contributed by atoms with E-state index in [1.807, 2.05) is 9.58 Å². The predicted molar refractivity (Wildman–Crippen MR) is 94.8 cm³/mol. The Morgan fingerprint density at radius 3 is 3.00 bits per heavy atom. The Morgan fingerprint density at radius 1 is 1.35 bits per heavy atom. The van der Waals surface area contributed by atoms with Crippen LogP contribution in [0.2, 0.25) is 0 Å². The molecule has 1 aliphatic rings. The summed E-state index contributed by atoms with van der Waals surface area (Å²) >= 11 is 1.43. The zero-order valence-corrected chi connectivity index (χ0v) is 15.1. The van der Waals surface area contributed by atoms with Crippen LogP contribution in [0.25, 0.3) is 0 Å². The number of amides is 1. The second-order valence-corrected chi connectivity index (χ2v) is 6.59. The third kappa shape index (κ3) is 3.17. The van der Waals surface area contributed by atoms with E-state index >= 15 is 0 Å². The van der Waals surface area contributed by atoms with Gasteiger partial charge in [-0.25, -0.2) is 9.97 Å². The lowest BCUT2D eigenvalue weighted by Gasteiger charge is -2.27. The van der Waals surface area contributed by atoms with Crippen LogP contribution in [0.1, 0.15) is 34.4 Å². The maximum absolute atomic E-state index is 12.6. The number of rotatable bonds is 5. The van der Waals surface area contributed by atoms with Gasteiger partial charge >= 0.3 is 0 Å². The molecule has 0 spiro atoms. The lowest BCUT2D eigenvalue weighted by atomic mass is 10.0. The van der Waals surface area contributed by atoms with Gasteiger partial charge < -0.3 is 9.64 Å². The van der Waals surface area contributed by atoms with Gasteiger partial charge in [-0.3, -0.25) is 14.5 Å². The number of ether oxygens (including phenoxy) is 1. The van der Waals surface area contributed by atoms with Crippen LogP contribution in [-0.2, 0) is 26.1 Å². The fourth-order valence-corrected chi connectivity index (χ4v) is 3.62. The smallest absolute Gasteiger partial charge is 0.273 e. The molecule has 1 aliphatic heterocycles. The summed E-state index contributed by atoms with van der Waals surface area (Å²) in [5, 5.41) is 6.46. The van der Waals surface area contributed by atoms with Crippen LogP contribution >= 0.6 is 11.3 Å². The molecule has 0 bridgehead atoms. The highest BCUT2D eigenvalue weighted by molar-refractivity contribution is 7.07. The van der Waals surface area contributed by atoms with E-state index in [1.165, 1.54) is 17.0 Å². The summed E-state index contributed by atoms with van der Waals surface area (Å²) in [4.78, 5) is 26.7. The van der Waals surface area contributed by atoms with Crippen molar-refractivity contribution in [3.05, 3.63) is 52.1 Å². The summed E-state index contributed by atoms with van der Waals surface area (Å²) in [6.45, 7) is 4.33. The largest absolute Gasteiger partial charge is 0.470 e. The van der Waals surface area contributed by atoms with Crippen molar-refractivity contribution in [2.45, 2.75) is 33.0 Å². The fraction of sp³-hybridized carbons (Fsp3) is 0.353. The number of thiazole rings is 1. The fourth-order valence-electron chi connectivity index (χ4n) is 3.10. The van der Waals surface area contributed by atoms with Gasteiger partial charge in [0, 0.05) is 55.1 Å². The van der Waals surface area contributed by atoms with Gasteiger partial charge in [-0.15, -0.1) is 11.3 Å². The predicted octanol–water partition coefficient (Wildman–Crippen LogP) is 1.93. The molecule has 0 radical (unpaired) electrons. The molecule has 3 aromatic rings. The topological polar surface area (TPSA) is 86.0 Å². The van der Waals surface area contributed by atoms with Crippen molar-refractivity contribution < 1.29 is 9.53 Å². The Labute approximate surface area is 154 Å². The van der Waals surface area contributed by atoms with Gasteiger partial charge in [0.15, 0.2) is 0 Å². The Morgan fingerprint density at radius 2 is 2.27 bits per heavy atom. The van der Waals surface area contributed by atoms with Crippen molar-refractivity contribution in [2.75, 3.05) is 6.54 Å². The number of hydrogen-bond acceptors (Lipinski definition) is 7. The van der Waals surface area contributed by atoms with Crippen molar-refractivity contribution in [3.63, 3.8) is 0 Å². The number of aromatic nitrogens is 5. The van der Waals surface area contributed by atoms with Crippen LogP contribution in [-0.4, -0.2) is 42.1 Å². The Kier molecular flexibility index (Phi) is 4.61. The average Bonchev–Trinajstić information content (AvgIpc) is 3.34. The molecule has 8 nitrogen and oxygen atoms in total. The summed E-state index contributed by atoms with van der Waals surface area (Å²) in [6.07, 6.45) is 5.53. The van der Waals surface area contributed by atoms with Crippen LogP contribution in [0, 0.1) is 0 Å². The minimum absolute atomic E-state index is 0.0399. The van der Waals surface area contributed by atoms with Crippen molar-refractivity contribution in [3.8, 4) is 5.88 Å². The molecule has 0 saturated carbocycles. The Bertz CT molecular complexity index is 894. The van der Waals surface area contributed by atoms with E-state index in [9.17, 15) is 4.79 Å². The first-order chi connectivity index (χ1) is 12.8. The van der Waals surface area contributed by atoms with Gasteiger partial charge in [0.1, 0.15) is 18.0 Å². The number of hydrogen-bond donors (Lipinski definition) is 0. The molecule has 0 aliphatic carbocycles. The molecule has 134 valence electrons. The van der Waals surface area contributed by atoms with E-state index in [0.717, 1.165) is 24.2 Å². The lowest BCUT2D eigenvalue weighted by Crippen LogP contribution is -2.36. The molecule has 1 amide bonds. The number of carbonyl (C=O) groups is 1. The minimum atomic E-state index is -0.0399. The van der Waals surface area contributed by atoms with Gasteiger partial charge in [0.25, 0.3) is 5.91 Å². The van der Waals surface area contributed by atoms with Crippen LogP contribution in [0.3, 0.4) is 0 Å². The summed E-state index contributed by atoms with van der Waals surface area (Å²) in [5.41, 5.74) is 5.25. The molecule has 0 saturated heterocycles. The first-order valence-electron chi connectivity index (χ1n) is 8.40. The molecule has 0 fully saturated rings. The molecular formula is C17H18N6O2S. The van der Waals surface area contributed by atoms with Crippen molar-refractivity contribution in [1.82, 2.24) is 29.6 Å². The summed E-state index contributed by atoms with van der Waals surface area (Å²) in [6, 6.07) is 0. The normalized spacial score (nSPS) is 13.5. The number of fused-ring (bicyclic) bond motifs is 1. The minimum Gasteiger partial charge on any atom is -0.470 e. The van der Waals surface area contributed by atoms with Crippen LogP contribution in [0.5, 0.6) is 5.88 Å². The summed E-state index contributed by atoms with van der Waals surface area (Å²) < 4.78 is 7.72. The number of nitrogens with zero attached hydrogens (tertiary/aromatic N) is 6. The van der Waals surface area contributed by atoms with Gasteiger partial charge in [-0.1, -0.05) is 0 Å². The van der Waals surface area contributed by atoms with Gasteiger partial charge in [-0.2, -0.15) is 5.10 Å². The van der Waals surface area contributed by atoms with Gasteiger partial charge in [0.2, 0.25) is 5.88 Å². The average molecular weight is 370 g/mol. The lowest BCUT2D eigenvalue weighted by molar-refractivity contribution is 0.0727. The van der Waals surface area contributed by atoms with Crippen LogP contribution in [0.15, 0.2) is 29.5 Å². The van der Waals surface area contributed by atoms with E-state index in [2.05, 4.69) is 27.0 Å². The van der Waals surface area contributed by atoms with Crippen LogP contribution < -0.4 is 4.74 Å². The van der Waals surface area contributed by atoms with E-state index < -0.39 is 0 Å². The molecule has 4 rings (SSSR count). The molecular weight excluding hydrogens is 352 g/mol. The number of aryl methyl sites for hydroxylation is 1. The van der Waals surface area contributed by atoms with E-state index in [-0.39, 0.29) is 5.91 Å². The monoisotopic (exact) mass is 370 g/mol. The van der Waals surface area contributed by atoms with Crippen molar-refractivity contribution >= 4 is 17.2 Å². The van der Waals surface area contributed by atoms with Crippen molar-refractivity contribution in [2.24, 2.45) is 0 Å². The Balaban J connectivity index is 1.56. The summed E-state index contributed by atoms with van der Waals surface area (Å²) in [7, 11) is 0. The maximum atomic E-state index is 12.6. The highest BCUT2D eigenvalue weighted by Crippen LogP contribution is 2.25. The first-order valence-corrected chi connectivity index (χ1v) is 9.34. The molecule has 9 heteroatoms. The van der Waals surface area contributed by atoms with Crippen molar-refractivity contribution in [1.29, 1.82) is 0 Å². The molecule has 0 atom stereocenters. The van der Waals surface area contributed by atoms with Crippen LogP contribution in [0.4, 0.5) is 0 Å². The Hall–Kier alpha value is -2.81. The SMILES string of the molecule is CCn1nc(COc2cnccn2)c2c1CCN(C(=O)c1cscn1)C2.